The summed E-state index contributed by atoms with van der Waals surface area (Å²) in [6.45, 7) is 4.08. The number of hydrogen-bond acceptors (Lipinski definition) is 6. The Balaban J connectivity index is 2.10. The Morgan fingerprint density at radius 2 is 2.00 bits per heavy atom. The number of thioether (sulfide) groups is 1. The molecule has 0 fully saturated rings. The fraction of sp³-hybridized carbons (Fsp3) is 0.667. The number of fused-ring (bicyclic) bond motifs is 3. The molecule has 8 heteroatoms. The Morgan fingerprint density at radius 3 is 2.69 bits per heavy atom. The summed E-state index contributed by atoms with van der Waals surface area (Å²) in [7, 11) is -3.03. The molecule has 0 aliphatic heterocycles. The van der Waals surface area contributed by atoms with E-state index >= 15 is 0 Å². The Kier molecular flexibility index (Phi) is 6.14. The molecule has 0 saturated carbocycles. The average Bonchev–Trinajstić information content (AvgIpc) is 2.75. The molecular formula is C18H26N2O3S3. The van der Waals surface area contributed by atoms with Crippen molar-refractivity contribution < 1.29 is 8.42 Å². The summed E-state index contributed by atoms with van der Waals surface area (Å²) in [4.78, 5) is 20.3. The summed E-state index contributed by atoms with van der Waals surface area (Å²) in [5.74, 6) is 0.505. The molecule has 26 heavy (non-hydrogen) atoms. The number of thiophene rings is 1. The second-order valence-corrected chi connectivity index (χ2v) is 11.5. The number of sulfone groups is 1. The highest BCUT2D eigenvalue weighted by molar-refractivity contribution is 8.00. The lowest BCUT2D eigenvalue weighted by molar-refractivity contribution is 0.468. The van der Waals surface area contributed by atoms with Gasteiger partial charge in [-0.3, -0.25) is 9.36 Å². The van der Waals surface area contributed by atoms with Crippen molar-refractivity contribution in [3.63, 3.8) is 0 Å². The van der Waals surface area contributed by atoms with Crippen molar-refractivity contribution in [1.82, 2.24) is 9.55 Å². The normalized spacial score (nSPS) is 16.4. The summed E-state index contributed by atoms with van der Waals surface area (Å²) in [5, 5.41) is 1.46. The largest absolute Gasteiger partial charge is 0.284 e. The van der Waals surface area contributed by atoms with Gasteiger partial charge in [0.2, 0.25) is 0 Å². The van der Waals surface area contributed by atoms with E-state index in [-0.39, 0.29) is 17.4 Å². The van der Waals surface area contributed by atoms with Crippen LogP contribution in [-0.2, 0) is 22.7 Å². The highest BCUT2D eigenvalue weighted by Crippen LogP contribution is 2.34. The monoisotopic (exact) mass is 414 g/mol. The van der Waals surface area contributed by atoms with Crippen molar-refractivity contribution in [2.45, 2.75) is 63.6 Å². The van der Waals surface area contributed by atoms with E-state index < -0.39 is 9.84 Å². The van der Waals surface area contributed by atoms with Gasteiger partial charge in [0, 0.05) is 22.9 Å². The molecule has 144 valence electrons. The lowest BCUT2D eigenvalue weighted by atomic mass is 10.1. The number of aryl methyl sites for hydroxylation is 2. The molecule has 0 bridgehead atoms. The van der Waals surface area contributed by atoms with Crippen LogP contribution in [0, 0.1) is 0 Å². The molecule has 2 heterocycles. The molecule has 2 aromatic rings. The van der Waals surface area contributed by atoms with Gasteiger partial charge < -0.3 is 0 Å². The molecule has 0 aromatic carbocycles. The van der Waals surface area contributed by atoms with E-state index in [1.807, 2.05) is 6.92 Å². The number of nitrogens with zero attached hydrogens (tertiary/aromatic N) is 2. The van der Waals surface area contributed by atoms with Gasteiger partial charge in [0.1, 0.15) is 14.7 Å². The molecule has 0 N–H and O–H groups in total. The first-order valence-corrected chi connectivity index (χ1v) is 13.1. The maximum Gasteiger partial charge on any atom is 0.263 e. The molecule has 0 saturated heterocycles. The molecule has 0 radical (unpaired) electrons. The lowest BCUT2D eigenvalue weighted by Crippen LogP contribution is -2.26. The van der Waals surface area contributed by atoms with Crippen LogP contribution in [0.4, 0.5) is 0 Å². The zero-order chi connectivity index (χ0) is 18.9. The summed E-state index contributed by atoms with van der Waals surface area (Å²) in [6.07, 6.45) is 7.60. The highest BCUT2D eigenvalue weighted by atomic mass is 32.2. The summed E-state index contributed by atoms with van der Waals surface area (Å²) >= 11 is 3.03. The SMILES string of the molecule is CCC(C)n1c(SCCS(C)(=O)=O)nc2sc3c(c2c1=O)CCCCC3. The third-order valence-corrected chi connectivity index (χ3v) is 8.30. The van der Waals surface area contributed by atoms with Gasteiger partial charge in [0.05, 0.1) is 11.1 Å². The standard InChI is InChI=1S/C18H26N2O3S3/c1-4-12(2)20-17(21)15-13-8-6-5-7-9-14(13)25-16(15)19-18(20)24-10-11-26(3,22)23/h12H,4-11H2,1-3H3. The van der Waals surface area contributed by atoms with Crippen LogP contribution in [0.25, 0.3) is 10.2 Å². The number of rotatable bonds is 6. The molecule has 2 aromatic heterocycles. The van der Waals surface area contributed by atoms with Crippen LogP contribution in [-0.4, -0.2) is 35.7 Å². The maximum atomic E-state index is 13.4. The molecule has 1 unspecified atom stereocenters. The average molecular weight is 415 g/mol. The van der Waals surface area contributed by atoms with Gasteiger partial charge in [-0.15, -0.1) is 11.3 Å². The minimum Gasteiger partial charge on any atom is -0.284 e. The molecule has 0 spiro atoms. The van der Waals surface area contributed by atoms with Crippen LogP contribution < -0.4 is 5.56 Å². The van der Waals surface area contributed by atoms with Gasteiger partial charge in [-0.25, -0.2) is 13.4 Å². The fourth-order valence-electron chi connectivity index (χ4n) is 3.33. The van der Waals surface area contributed by atoms with E-state index in [1.54, 1.807) is 15.9 Å². The molecule has 0 amide bonds. The molecule has 5 nitrogen and oxygen atoms in total. The van der Waals surface area contributed by atoms with Crippen LogP contribution in [0.5, 0.6) is 0 Å². The zero-order valence-electron chi connectivity index (χ0n) is 15.6. The Bertz CT molecular complexity index is 960. The van der Waals surface area contributed by atoms with Crippen molar-refractivity contribution >= 4 is 43.2 Å². The first kappa shape index (κ1) is 19.9. The molecule has 1 aliphatic rings. The van der Waals surface area contributed by atoms with Gasteiger partial charge in [0.15, 0.2) is 5.16 Å². The van der Waals surface area contributed by atoms with Crippen molar-refractivity contribution in [3.8, 4) is 0 Å². The second kappa shape index (κ2) is 8.02. The van der Waals surface area contributed by atoms with Gasteiger partial charge >= 0.3 is 0 Å². The first-order valence-electron chi connectivity index (χ1n) is 9.19. The maximum absolute atomic E-state index is 13.4. The molecule has 1 atom stereocenters. The fourth-order valence-corrected chi connectivity index (χ4v) is 6.93. The van der Waals surface area contributed by atoms with E-state index in [4.69, 9.17) is 4.98 Å². The van der Waals surface area contributed by atoms with Crippen LogP contribution in [0.3, 0.4) is 0 Å². The molecular weight excluding hydrogens is 388 g/mol. The first-order chi connectivity index (χ1) is 12.3. The Morgan fingerprint density at radius 1 is 1.27 bits per heavy atom. The third-order valence-electron chi connectivity index (χ3n) is 4.96. The zero-order valence-corrected chi connectivity index (χ0v) is 18.0. The van der Waals surface area contributed by atoms with Gasteiger partial charge in [-0.2, -0.15) is 0 Å². The Labute approximate surface area is 163 Å². The van der Waals surface area contributed by atoms with Crippen molar-refractivity contribution in [3.05, 3.63) is 20.8 Å². The van der Waals surface area contributed by atoms with E-state index in [1.165, 1.54) is 41.3 Å². The molecule has 1 aliphatic carbocycles. The highest BCUT2D eigenvalue weighted by Gasteiger charge is 2.23. The van der Waals surface area contributed by atoms with Gasteiger partial charge in [-0.1, -0.05) is 25.1 Å². The van der Waals surface area contributed by atoms with Gasteiger partial charge in [-0.05, 0) is 44.6 Å². The quantitative estimate of drug-likeness (QED) is 0.408. The summed E-state index contributed by atoms with van der Waals surface area (Å²) < 4.78 is 24.7. The minimum atomic E-state index is -3.03. The number of hydrogen-bond donors (Lipinski definition) is 0. The predicted octanol–water partition coefficient (Wildman–Crippen LogP) is 3.83. The smallest absolute Gasteiger partial charge is 0.263 e. The van der Waals surface area contributed by atoms with Crippen molar-refractivity contribution in [2.75, 3.05) is 17.8 Å². The van der Waals surface area contributed by atoms with Crippen molar-refractivity contribution in [1.29, 1.82) is 0 Å². The van der Waals surface area contributed by atoms with Crippen LogP contribution >= 0.6 is 23.1 Å². The van der Waals surface area contributed by atoms with Crippen LogP contribution in [0.2, 0.25) is 0 Å². The van der Waals surface area contributed by atoms with Gasteiger partial charge in [0.25, 0.3) is 5.56 Å². The summed E-state index contributed by atoms with van der Waals surface area (Å²) in [6, 6.07) is 0.0430. The topological polar surface area (TPSA) is 69.0 Å². The number of aromatic nitrogens is 2. The van der Waals surface area contributed by atoms with E-state index in [2.05, 4.69) is 6.92 Å². The van der Waals surface area contributed by atoms with Crippen LogP contribution in [0.1, 0.15) is 56.0 Å². The van der Waals surface area contributed by atoms with E-state index in [9.17, 15) is 13.2 Å². The lowest BCUT2D eigenvalue weighted by Gasteiger charge is -2.17. The minimum absolute atomic E-state index is 0.0430. The third kappa shape index (κ3) is 4.17. The van der Waals surface area contributed by atoms with E-state index in [0.717, 1.165) is 35.9 Å². The molecule has 3 rings (SSSR count). The van der Waals surface area contributed by atoms with Crippen molar-refractivity contribution in [2.24, 2.45) is 0 Å². The Hall–Kier alpha value is -0.860. The summed E-state index contributed by atoms with van der Waals surface area (Å²) in [5.41, 5.74) is 1.26. The second-order valence-electron chi connectivity index (χ2n) is 7.05. The predicted molar refractivity (Wildman–Crippen MR) is 111 cm³/mol. The van der Waals surface area contributed by atoms with E-state index in [0.29, 0.717) is 10.9 Å². The van der Waals surface area contributed by atoms with Crippen LogP contribution in [0.15, 0.2) is 9.95 Å².